The number of hydrogen-bond acceptors (Lipinski definition) is 8. The van der Waals surface area contributed by atoms with Crippen LogP contribution in [0.5, 0.6) is 57.5 Å². The summed E-state index contributed by atoms with van der Waals surface area (Å²) < 4.78 is 114. The second-order valence-corrected chi connectivity index (χ2v) is 17.2. The summed E-state index contributed by atoms with van der Waals surface area (Å²) in [7, 11) is 0. The zero-order valence-electron chi connectivity index (χ0n) is 39.7. The Bertz CT molecular complexity index is 3010. The summed E-state index contributed by atoms with van der Waals surface area (Å²) in [5.74, 6) is 2.56. The Labute approximate surface area is 421 Å². The third kappa shape index (κ3) is 15.5. The van der Waals surface area contributed by atoms with Crippen molar-refractivity contribution in [1.82, 2.24) is 0 Å². The highest BCUT2D eigenvalue weighted by Crippen LogP contribution is 2.42. The number of halogens is 7. The standard InChI is InChI=1S/C30H25F3O5.C26H24BrF3O4/c1-19-8-12-25(18-27(19)38-24-13-9-21(20(2)16-24)10-15-29(34)35)37-26-14-11-22(30(31,32)33)17-28(26)36-23-6-4-3-5-7-23;1-4-32-25(31)12-7-18-6-10-20(13-17(18)3)34-24-15-21(9-5-16(24)2)33-23-11-8-19(14-22(23)27)26(28,29)30/h3-9,11-14,16-18H,10,15H2,1-2H3,(H,34,35);5-6,8-11,13-15H,4,7,12H2,1-3H3. The van der Waals surface area contributed by atoms with Crippen LogP contribution < -0.4 is 23.7 Å². The zero-order chi connectivity index (χ0) is 52.2. The second kappa shape index (κ2) is 24.1. The van der Waals surface area contributed by atoms with E-state index < -0.39 is 29.4 Å². The highest BCUT2D eigenvalue weighted by atomic mass is 79.9. The van der Waals surface area contributed by atoms with Crippen molar-refractivity contribution in [3.8, 4) is 57.5 Å². The molecule has 16 heteroatoms. The molecule has 7 aromatic carbocycles. The van der Waals surface area contributed by atoms with Gasteiger partial charge in [-0.2, -0.15) is 26.3 Å². The maximum absolute atomic E-state index is 13.4. The van der Waals surface area contributed by atoms with Gasteiger partial charge in [0.2, 0.25) is 0 Å². The van der Waals surface area contributed by atoms with Crippen molar-refractivity contribution < 1.29 is 69.5 Å². The van der Waals surface area contributed by atoms with Crippen molar-refractivity contribution in [3.05, 3.63) is 189 Å². The van der Waals surface area contributed by atoms with Crippen LogP contribution in [-0.4, -0.2) is 23.7 Å². The van der Waals surface area contributed by atoms with Crippen LogP contribution in [0, 0.1) is 27.7 Å². The molecule has 0 spiro atoms. The normalized spacial score (nSPS) is 11.2. The van der Waals surface area contributed by atoms with E-state index in [4.69, 9.17) is 33.5 Å². The number of alkyl halides is 6. The minimum absolute atomic E-state index is 0.0411. The molecule has 0 atom stereocenters. The van der Waals surface area contributed by atoms with E-state index in [9.17, 15) is 35.9 Å². The average molecular weight is 1060 g/mol. The molecule has 7 aromatic rings. The van der Waals surface area contributed by atoms with Crippen molar-refractivity contribution in [3.63, 3.8) is 0 Å². The van der Waals surface area contributed by atoms with Crippen molar-refractivity contribution in [2.24, 2.45) is 0 Å². The lowest BCUT2D eigenvalue weighted by Gasteiger charge is -2.16. The zero-order valence-corrected chi connectivity index (χ0v) is 41.3. The number of aryl methyl sites for hydroxylation is 6. The van der Waals surface area contributed by atoms with Gasteiger partial charge in [-0.25, -0.2) is 0 Å². The molecular formula is C56H49BrF6O9. The molecule has 7 rings (SSSR count). The van der Waals surface area contributed by atoms with E-state index in [0.29, 0.717) is 66.1 Å². The Balaban J connectivity index is 0.000000237. The molecule has 0 saturated carbocycles. The topological polar surface area (TPSA) is 110 Å². The summed E-state index contributed by atoms with van der Waals surface area (Å²) in [6.07, 6.45) is -7.62. The summed E-state index contributed by atoms with van der Waals surface area (Å²) in [4.78, 5) is 22.5. The number of para-hydroxylation sites is 1. The van der Waals surface area contributed by atoms with Gasteiger partial charge in [0.25, 0.3) is 0 Å². The SMILES string of the molecule is CCOC(=O)CCc1ccc(Oc2cc(Oc3ccc(C(F)(F)F)cc3Br)ccc2C)cc1C.Cc1cc(Oc2cc(Oc3ccc(C(F)(F)F)cc3Oc3ccccc3)ccc2C)ccc1CCC(=O)O. The van der Waals surface area contributed by atoms with Gasteiger partial charge in [-0.15, -0.1) is 0 Å². The van der Waals surface area contributed by atoms with E-state index in [1.54, 1.807) is 73.7 Å². The quantitative estimate of drug-likeness (QED) is 0.0704. The minimum Gasteiger partial charge on any atom is -0.481 e. The maximum Gasteiger partial charge on any atom is 0.416 e. The molecule has 0 bridgehead atoms. The van der Waals surface area contributed by atoms with Crippen molar-refractivity contribution in [1.29, 1.82) is 0 Å². The minimum atomic E-state index is -4.54. The van der Waals surface area contributed by atoms with Crippen LogP contribution in [0.4, 0.5) is 26.3 Å². The summed E-state index contributed by atoms with van der Waals surface area (Å²) in [6.45, 7) is 9.71. The van der Waals surface area contributed by atoms with Gasteiger partial charge >= 0.3 is 24.3 Å². The van der Waals surface area contributed by atoms with E-state index in [2.05, 4.69) is 15.9 Å². The van der Waals surface area contributed by atoms with Crippen LogP contribution in [0.3, 0.4) is 0 Å². The second-order valence-electron chi connectivity index (χ2n) is 16.4. The molecule has 0 amide bonds. The summed E-state index contributed by atoms with van der Waals surface area (Å²) in [5, 5.41) is 8.92. The summed E-state index contributed by atoms with van der Waals surface area (Å²) in [5.41, 5.74) is 3.90. The first-order valence-electron chi connectivity index (χ1n) is 22.4. The van der Waals surface area contributed by atoms with Crippen molar-refractivity contribution in [2.75, 3.05) is 6.61 Å². The van der Waals surface area contributed by atoms with Gasteiger partial charge in [-0.1, -0.05) is 42.5 Å². The van der Waals surface area contributed by atoms with Gasteiger partial charge in [-0.05, 0) is 182 Å². The molecule has 0 aliphatic rings. The highest BCUT2D eigenvalue weighted by molar-refractivity contribution is 9.10. The number of rotatable bonds is 17. The highest BCUT2D eigenvalue weighted by Gasteiger charge is 2.32. The number of ether oxygens (including phenoxy) is 6. The predicted octanol–water partition coefficient (Wildman–Crippen LogP) is 16.9. The molecule has 0 aliphatic heterocycles. The number of aliphatic carboxylic acids is 1. The molecule has 0 aromatic heterocycles. The van der Waals surface area contributed by atoms with Gasteiger partial charge < -0.3 is 33.5 Å². The molecule has 376 valence electrons. The van der Waals surface area contributed by atoms with Crippen LogP contribution in [0.1, 0.15) is 64.3 Å². The fourth-order valence-corrected chi connectivity index (χ4v) is 7.44. The smallest absolute Gasteiger partial charge is 0.416 e. The van der Waals surface area contributed by atoms with E-state index in [0.717, 1.165) is 57.6 Å². The maximum atomic E-state index is 13.4. The van der Waals surface area contributed by atoms with Crippen LogP contribution in [0.25, 0.3) is 0 Å². The van der Waals surface area contributed by atoms with Crippen LogP contribution in [0.2, 0.25) is 0 Å². The average Bonchev–Trinajstić information content (AvgIpc) is 3.32. The molecule has 9 nitrogen and oxygen atoms in total. The van der Waals surface area contributed by atoms with E-state index >= 15 is 0 Å². The van der Waals surface area contributed by atoms with Crippen molar-refractivity contribution >= 4 is 27.9 Å². The molecule has 0 heterocycles. The molecule has 0 fully saturated rings. The monoisotopic (exact) mass is 1060 g/mol. The fourth-order valence-electron chi connectivity index (χ4n) is 6.98. The number of carboxylic acid groups (broad SMARTS) is 1. The Morgan fingerprint density at radius 1 is 0.472 bits per heavy atom. The van der Waals surface area contributed by atoms with E-state index in [-0.39, 0.29) is 34.1 Å². The fraction of sp³-hybridized carbons (Fsp3) is 0.214. The molecule has 0 aliphatic carbocycles. The lowest BCUT2D eigenvalue weighted by atomic mass is 10.0. The molecular weight excluding hydrogens is 1010 g/mol. The number of carboxylic acids is 1. The first-order valence-corrected chi connectivity index (χ1v) is 23.2. The van der Waals surface area contributed by atoms with E-state index in [1.165, 1.54) is 12.1 Å². The first kappa shape index (κ1) is 53.9. The number of carbonyl (C=O) groups is 2. The Morgan fingerprint density at radius 3 is 1.40 bits per heavy atom. The number of carbonyl (C=O) groups excluding carboxylic acids is 1. The van der Waals surface area contributed by atoms with Gasteiger partial charge in [0.05, 0.1) is 22.2 Å². The third-order valence-electron chi connectivity index (χ3n) is 10.9. The lowest BCUT2D eigenvalue weighted by molar-refractivity contribution is -0.143. The van der Waals surface area contributed by atoms with E-state index in [1.807, 2.05) is 64.1 Å². The Morgan fingerprint density at radius 2 is 0.917 bits per heavy atom. The summed E-state index contributed by atoms with van der Waals surface area (Å²) in [6, 6.07) is 36.1. The Hall–Kier alpha value is -7.46. The summed E-state index contributed by atoms with van der Waals surface area (Å²) >= 11 is 3.14. The van der Waals surface area contributed by atoms with Gasteiger partial charge in [-0.3, -0.25) is 9.59 Å². The predicted molar refractivity (Wildman–Crippen MR) is 263 cm³/mol. The first-order chi connectivity index (χ1) is 34.1. The molecule has 72 heavy (non-hydrogen) atoms. The van der Waals surface area contributed by atoms with Crippen LogP contribution >= 0.6 is 15.9 Å². The molecule has 1 N–H and O–H groups in total. The largest absolute Gasteiger partial charge is 0.481 e. The number of benzene rings is 7. The molecule has 0 unspecified atom stereocenters. The Kier molecular flexibility index (Phi) is 18.0. The van der Waals surface area contributed by atoms with Crippen LogP contribution in [-0.2, 0) is 39.5 Å². The van der Waals surface area contributed by atoms with Gasteiger partial charge in [0.15, 0.2) is 11.5 Å². The lowest BCUT2D eigenvalue weighted by Crippen LogP contribution is -2.05. The number of hydrogen-bond donors (Lipinski definition) is 1. The van der Waals surface area contributed by atoms with Gasteiger partial charge in [0.1, 0.15) is 46.0 Å². The third-order valence-corrected chi connectivity index (χ3v) is 11.5. The van der Waals surface area contributed by atoms with Crippen molar-refractivity contribution in [2.45, 2.75) is 72.7 Å². The number of esters is 1. The molecule has 0 saturated heterocycles. The van der Waals surface area contributed by atoms with Crippen LogP contribution in [0.15, 0.2) is 144 Å². The molecule has 0 radical (unpaired) electrons. The van der Waals surface area contributed by atoms with Gasteiger partial charge in [0, 0.05) is 25.0 Å².